The van der Waals surface area contributed by atoms with Crippen molar-refractivity contribution < 1.29 is 9.53 Å². The molecule has 8 heteroatoms. The predicted molar refractivity (Wildman–Crippen MR) is 123 cm³/mol. The Morgan fingerprint density at radius 2 is 1.75 bits per heavy atom. The van der Waals surface area contributed by atoms with Crippen LogP contribution in [0.15, 0.2) is 78.9 Å². The van der Waals surface area contributed by atoms with Crippen LogP contribution in [0, 0.1) is 0 Å². The Kier molecular flexibility index (Phi) is 5.39. The Bertz CT molecular complexity index is 1430. The van der Waals surface area contributed by atoms with Crippen molar-refractivity contribution in [1.82, 2.24) is 25.1 Å². The summed E-state index contributed by atoms with van der Waals surface area (Å²) in [5.41, 5.74) is 1.92. The molecule has 1 N–H and O–H groups in total. The van der Waals surface area contributed by atoms with Gasteiger partial charge in [0.25, 0.3) is 5.91 Å². The van der Waals surface area contributed by atoms with Gasteiger partial charge in [0.15, 0.2) is 11.5 Å². The highest BCUT2D eigenvalue weighted by atomic mass is 35.5. The van der Waals surface area contributed by atoms with Gasteiger partial charge in [-0.1, -0.05) is 54.1 Å². The zero-order valence-corrected chi connectivity index (χ0v) is 17.7. The van der Waals surface area contributed by atoms with Crippen molar-refractivity contribution in [2.75, 3.05) is 13.2 Å². The van der Waals surface area contributed by atoms with E-state index >= 15 is 0 Å². The largest absolute Gasteiger partial charge is 0.475 e. The number of amides is 1. The van der Waals surface area contributed by atoms with E-state index in [4.69, 9.17) is 16.3 Å². The first-order chi connectivity index (χ1) is 15.7. The van der Waals surface area contributed by atoms with E-state index in [1.807, 2.05) is 60.7 Å². The van der Waals surface area contributed by atoms with Gasteiger partial charge in [0.2, 0.25) is 5.88 Å². The number of nitrogens with one attached hydrogen (secondary N) is 1. The number of nitrogens with zero attached hydrogens (tertiary/aromatic N) is 4. The molecule has 0 saturated heterocycles. The number of fused-ring (bicyclic) bond motifs is 2. The zero-order chi connectivity index (χ0) is 21.9. The standard InChI is InChI=1S/C24H18ClN5O2/c25-20-8-4-3-7-19(20)23-28-27-21-11-12-22(29-30(21)23)32-14-13-26-24(31)18-10-9-16-5-1-2-6-17(16)15-18/h1-12,15H,13-14H2,(H,26,31). The summed E-state index contributed by atoms with van der Waals surface area (Å²) in [6.07, 6.45) is 0. The molecule has 2 aromatic heterocycles. The number of rotatable bonds is 6. The molecule has 3 aromatic carbocycles. The van der Waals surface area contributed by atoms with E-state index in [0.717, 1.165) is 16.3 Å². The molecule has 0 aliphatic heterocycles. The minimum absolute atomic E-state index is 0.150. The van der Waals surface area contributed by atoms with Crippen LogP contribution in [0.25, 0.3) is 27.8 Å². The number of hydrogen-bond acceptors (Lipinski definition) is 5. The smallest absolute Gasteiger partial charge is 0.251 e. The van der Waals surface area contributed by atoms with Gasteiger partial charge in [-0.05, 0) is 41.1 Å². The van der Waals surface area contributed by atoms with Gasteiger partial charge in [0.1, 0.15) is 6.61 Å². The Balaban J connectivity index is 1.24. The first-order valence-corrected chi connectivity index (χ1v) is 10.4. The van der Waals surface area contributed by atoms with Crippen LogP contribution in [0.5, 0.6) is 5.88 Å². The van der Waals surface area contributed by atoms with Crippen molar-refractivity contribution in [2.45, 2.75) is 0 Å². The molecule has 32 heavy (non-hydrogen) atoms. The molecule has 0 atom stereocenters. The molecule has 0 bridgehead atoms. The second-order valence-corrected chi connectivity index (χ2v) is 7.52. The Labute approximate surface area is 188 Å². The van der Waals surface area contributed by atoms with E-state index in [2.05, 4.69) is 20.6 Å². The fourth-order valence-corrected chi connectivity index (χ4v) is 3.63. The van der Waals surface area contributed by atoms with Gasteiger partial charge < -0.3 is 10.1 Å². The lowest BCUT2D eigenvalue weighted by Crippen LogP contribution is -2.28. The molecule has 0 aliphatic rings. The van der Waals surface area contributed by atoms with Gasteiger partial charge in [0, 0.05) is 17.2 Å². The maximum absolute atomic E-state index is 12.5. The van der Waals surface area contributed by atoms with Crippen molar-refractivity contribution in [3.05, 3.63) is 89.4 Å². The molecule has 5 rings (SSSR count). The minimum atomic E-state index is -0.150. The quantitative estimate of drug-likeness (QED) is 0.393. The molecule has 0 fully saturated rings. The molecular weight excluding hydrogens is 426 g/mol. The normalized spacial score (nSPS) is 11.0. The van der Waals surface area contributed by atoms with Crippen LogP contribution in [0.3, 0.4) is 0 Å². The van der Waals surface area contributed by atoms with E-state index in [1.165, 1.54) is 0 Å². The van der Waals surface area contributed by atoms with Crippen molar-refractivity contribution in [1.29, 1.82) is 0 Å². The van der Waals surface area contributed by atoms with E-state index in [9.17, 15) is 4.79 Å². The van der Waals surface area contributed by atoms with Gasteiger partial charge >= 0.3 is 0 Å². The topological polar surface area (TPSA) is 81.4 Å². The number of carbonyl (C=O) groups excluding carboxylic acids is 1. The van der Waals surface area contributed by atoms with Crippen LogP contribution in [0.4, 0.5) is 0 Å². The third-order valence-electron chi connectivity index (χ3n) is 5.00. The number of hydrogen-bond donors (Lipinski definition) is 1. The summed E-state index contributed by atoms with van der Waals surface area (Å²) in [6, 6.07) is 24.4. The summed E-state index contributed by atoms with van der Waals surface area (Å²) in [4.78, 5) is 12.5. The predicted octanol–water partition coefficient (Wildman–Crippen LogP) is 4.41. The molecule has 1 amide bonds. The first-order valence-electron chi connectivity index (χ1n) is 10.1. The molecule has 7 nitrogen and oxygen atoms in total. The Hall–Kier alpha value is -3.97. The third-order valence-corrected chi connectivity index (χ3v) is 5.33. The molecule has 0 saturated carbocycles. The summed E-state index contributed by atoms with van der Waals surface area (Å²) < 4.78 is 7.31. The monoisotopic (exact) mass is 443 g/mol. The summed E-state index contributed by atoms with van der Waals surface area (Å²) in [7, 11) is 0. The molecule has 5 aromatic rings. The number of halogens is 1. The second-order valence-electron chi connectivity index (χ2n) is 7.11. The van der Waals surface area contributed by atoms with Gasteiger partial charge in [0.05, 0.1) is 11.6 Å². The molecule has 0 aliphatic carbocycles. The van der Waals surface area contributed by atoms with Crippen LogP contribution < -0.4 is 10.1 Å². The highest BCUT2D eigenvalue weighted by molar-refractivity contribution is 6.33. The fraction of sp³-hybridized carbons (Fsp3) is 0.0833. The van der Waals surface area contributed by atoms with E-state index < -0.39 is 0 Å². The number of aromatic nitrogens is 4. The van der Waals surface area contributed by atoms with Crippen LogP contribution in [-0.2, 0) is 0 Å². The summed E-state index contributed by atoms with van der Waals surface area (Å²) in [6.45, 7) is 0.603. The lowest BCUT2D eigenvalue weighted by Gasteiger charge is -2.08. The van der Waals surface area contributed by atoms with E-state index in [1.54, 1.807) is 22.7 Å². The number of ether oxygens (including phenoxy) is 1. The number of benzene rings is 3. The average Bonchev–Trinajstić information content (AvgIpc) is 3.25. The third kappa shape index (κ3) is 3.98. The van der Waals surface area contributed by atoms with Crippen LogP contribution in [0.1, 0.15) is 10.4 Å². The SMILES string of the molecule is O=C(NCCOc1ccc2nnc(-c3ccccc3Cl)n2n1)c1ccc2ccccc2c1. The maximum atomic E-state index is 12.5. The van der Waals surface area contributed by atoms with Crippen molar-refractivity contribution in [3.8, 4) is 17.3 Å². The van der Waals surface area contributed by atoms with Gasteiger partial charge in [-0.2, -0.15) is 4.52 Å². The minimum Gasteiger partial charge on any atom is -0.475 e. The highest BCUT2D eigenvalue weighted by Crippen LogP contribution is 2.26. The maximum Gasteiger partial charge on any atom is 0.251 e. The van der Waals surface area contributed by atoms with Gasteiger partial charge in [-0.15, -0.1) is 15.3 Å². The fourth-order valence-electron chi connectivity index (χ4n) is 3.41. The van der Waals surface area contributed by atoms with E-state index in [-0.39, 0.29) is 12.5 Å². The zero-order valence-electron chi connectivity index (χ0n) is 16.9. The molecule has 2 heterocycles. The van der Waals surface area contributed by atoms with Gasteiger partial charge in [-0.3, -0.25) is 4.79 Å². The summed E-state index contributed by atoms with van der Waals surface area (Å²) >= 11 is 6.29. The molecular formula is C24H18ClN5O2. The van der Waals surface area contributed by atoms with Crippen LogP contribution in [-0.4, -0.2) is 38.9 Å². The highest BCUT2D eigenvalue weighted by Gasteiger charge is 2.13. The molecule has 158 valence electrons. The summed E-state index contributed by atoms with van der Waals surface area (Å²) in [5.74, 6) is 0.772. The Morgan fingerprint density at radius 1 is 0.938 bits per heavy atom. The Morgan fingerprint density at radius 3 is 2.62 bits per heavy atom. The molecule has 0 unspecified atom stereocenters. The van der Waals surface area contributed by atoms with Crippen LogP contribution >= 0.6 is 11.6 Å². The first kappa shape index (κ1) is 20.0. The lowest BCUT2D eigenvalue weighted by atomic mass is 10.1. The van der Waals surface area contributed by atoms with Crippen molar-refractivity contribution in [3.63, 3.8) is 0 Å². The summed E-state index contributed by atoms with van der Waals surface area (Å²) in [5, 5.41) is 18.3. The second kappa shape index (κ2) is 8.64. The van der Waals surface area contributed by atoms with Crippen molar-refractivity contribution >= 4 is 33.9 Å². The van der Waals surface area contributed by atoms with Crippen LogP contribution in [0.2, 0.25) is 5.02 Å². The lowest BCUT2D eigenvalue weighted by molar-refractivity contribution is 0.0946. The van der Waals surface area contributed by atoms with Crippen molar-refractivity contribution in [2.24, 2.45) is 0 Å². The van der Waals surface area contributed by atoms with E-state index in [0.29, 0.717) is 34.5 Å². The van der Waals surface area contributed by atoms with Gasteiger partial charge in [-0.25, -0.2) is 0 Å². The number of carbonyl (C=O) groups is 1. The average molecular weight is 444 g/mol. The molecule has 0 radical (unpaired) electrons. The molecule has 0 spiro atoms.